The number of halogens is 1. The molecule has 0 N–H and O–H groups in total. The van der Waals surface area contributed by atoms with Gasteiger partial charge in [-0.2, -0.15) is 9.78 Å². The number of nitrogens with zero attached hydrogens (tertiary/aromatic N) is 4. The van der Waals surface area contributed by atoms with Gasteiger partial charge in [-0.05, 0) is 62.4 Å². The van der Waals surface area contributed by atoms with E-state index in [1.807, 2.05) is 24.4 Å². The number of benzene rings is 3. The van der Waals surface area contributed by atoms with Crippen LogP contribution in [0.5, 0.6) is 0 Å². The Balaban J connectivity index is 1.48. The Morgan fingerprint density at radius 2 is 1.73 bits per heavy atom. The van der Waals surface area contributed by atoms with E-state index in [-0.39, 0.29) is 11.5 Å². The molecular weight excluding hydrogens is 524 g/mol. The number of aromatic nitrogens is 3. The molecule has 5 nitrogen and oxygen atoms in total. The minimum absolute atomic E-state index is 0.119. The standard InChI is InChI=1S/C31H29BrN4O/c1-20-17-24(21(2)35(20)29-14-8-12-22-9-6-7-13-26(22)29)19-33-36-30(23-10-4-3-5-11-23)34-28-16-15-25(32)18-27(28)31(36)37/h6-9,12-19,23H,3-5,10-11H2,1-2H3. The van der Waals surface area contributed by atoms with Crippen LogP contribution in [-0.2, 0) is 0 Å². The number of fused-ring (bicyclic) bond motifs is 2. The monoisotopic (exact) mass is 552 g/mol. The molecule has 1 saturated carbocycles. The van der Waals surface area contributed by atoms with Crippen LogP contribution in [0.2, 0.25) is 0 Å². The fraction of sp³-hybridized carbons (Fsp3) is 0.258. The van der Waals surface area contributed by atoms with Crippen LogP contribution >= 0.6 is 15.9 Å². The summed E-state index contributed by atoms with van der Waals surface area (Å²) in [7, 11) is 0. The Kier molecular flexibility index (Phi) is 6.29. The average Bonchev–Trinajstić information content (AvgIpc) is 3.20. The maximum absolute atomic E-state index is 13.7. The molecule has 6 heteroatoms. The molecule has 186 valence electrons. The van der Waals surface area contributed by atoms with Crippen LogP contribution in [0.1, 0.15) is 60.8 Å². The summed E-state index contributed by atoms with van der Waals surface area (Å²) in [5, 5.41) is 7.78. The van der Waals surface area contributed by atoms with Gasteiger partial charge in [-0.1, -0.05) is 71.6 Å². The zero-order valence-corrected chi connectivity index (χ0v) is 22.7. The minimum atomic E-state index is -0.119. The third-order valence-electron chi connectivity index (χ3n) is 7.59. The van der Waals surface area contributed by atoms with Gasteiger partial charge in [-0.15, -0.1) is 0 Å². The molecular formula is C31H29BrN4O. The van der Waals surface area contributed by atoms with Crippen LogP contribution in [0.25, 0.3) is 27.4 Å². The first kappa shape index (κ1) is 23.9. The van der Waals surface area contributed by atoms with Crippen LogP contribution in [0.15, 0.2) is 81.1 Å². The first-order valence-corrected chi connectivity index (χ1v) is 13.7. The van der Waals surface area contributed by atoms with E-state index in [0.29, 0.717) is 5.39 Å². The van der Waals surface area contributed by atoms with Gasteiger partial charge in [-0.25, -0.2) is 4.98 Å². The summed E-state index contributed by atoms with van der Waals surface area (Å²) >= 11 is 3.50. The molecule has 0 aliphatic heterocycles. The van der Waals surface area contributed by atoms with Crippen LogP contribution in [-0.4, -0.2) is 20.4 Å². The lowest BCUT2D eigenvalue weighted by Gasteiger charge is -2.22. The SMILES string of the molecule is Cc1cc(C=Nn2c(C3CCCCC3)nc3ccc(Br)cc3c2=O)c(C)n1-c1cccc2ccccc12. The summed E-state index contributed by atoms with van der Waals surface area (Å²) in [4.78, 5) is 18.6. The Hall–Kier alpha value is -3.51. The van der Waals surface area contributed by atoms with Crippen molar-refractivity contribution in [1.29, 1.82) is 0 Å². The fourth-order valence-electron chi connectivity index (χ4n) is 5.71. The van der Waals surface area contributed by atoms with Crippen molar-refractivity contribution < 1.29 is 0 Å². The molecule has 3 aromatic carbocycles. The summed E-state index contributed by atoms with van der Waals surface area (Å²) in [5.74, 6) is 1.02. The van der Waals surface area contributed by atoms with Gasteiger partial charge in [0.1, 0.15) is 5.82 Å². The Morgan fingerprint density at radius 3 is 2.57 bits per heavy atom. The van der Waals surface area contributed by atoms with Gasteiger partial charge in [0.15, 0.2) is 0 Å². The predicted octanol–water partition coefficient (Wildman–Crippen LogP) is 7.65. The van der Waals surface area contributed by atoms with Gasteiger partial charge < -0.3 is 4.57 Å². The maximum Gasteiger partial charge on any atom is 0.282 e. The van der Waals surface area contributed by atoms with Crippen molar-refractivity contribution >= 4 is 43.8 Å². The highest BCUT2D eigenvalue weighted by Crippen LogP contribution is 2.32. The van der Waals surface area contributed by atoms with Crippen molar-refractivity contribution in [3.63, 3.8) is 0 Å². The van der Waals surface area contributed by atoms with Crippen molar-refractivity contribution in [2.75, 3.05) is 0 Å². The Morgan fingerprint density at radius 1 is 0.946 bits per heavy atom. The van der Waals surface area contributed by atoms with Gasteiger partial charge in [0, 0.05) is 32.7 Å². The van der Waals surface area contributed by atoms with Gasteiger partial charge in [0.05, 0.1) is 22.8 Å². The second-order valence-electron chi connectivity index (χ2n) is 9.99. The van der Waals surface area contributed by atoms with E-state index in [2.05, 4.69) is 82.9 Å². The van der Waals surface area contributed by atoms with Crippen molar-refractivity contribution in [2.24, 2.45) is 5.10 Å². The zero-order valence-electron chi connectivity index (χ0n) is 21.1. The largest absolute Gasteiger partial charge is 0.317 e. The normalized spacial score (nSPS) is 14.8. The fourth-order valence-corrected chi connectivity index (χ4v) is 6.08. The summed E-state index contributed by atoms with van der Waals surface area (Å²) in [5.41, 5.74) is 4.95. The highest BCUT2D eigenvalue weighted by atomic mass is 79.9. The number of hydrogen-bond donors (Lipinski definition) is 0. The van der Waals surface area contributed by atoms with Crippen molar-refractivity contribution in [2.45, 2.75) is 51.9 Å². The summed E-state index contributed by atoms with van der Waals surface area (Å²) in [6, 6.07) is 22.7. The molecule has 6 rings (SSSR count). The van der Waals surface area contributed by atoms with E-state index >= 15 is 0 Å². The molecule has 0 radical (unpaired) electrons. The number of rotatable bonds is 4. The van der Waals surface area contributed by atoms with E-state index in [4.69, 9.17) is 10.1 Å². The van der Waals surface area contributed by atoms with Gasteiger partial charge in [0.25, 0.3) is 5.56 Å². The summed E-state index contributed by atoms with van der Waals surface area (Å²) in [6.07, 6.45) is 7.47. The molecule has 1 fully saturated rings. The van der Waals surface area contributed by atoms with Crippen molar-refractivity contribution in [1.82, 2.24) is 14.2 Å². The van der Waals surface area contributed by atoms with Gasteiger partial charge >= 0.3 is 0 Å². The smallest absolute Gasteiger partial charge is 0.282 e. The quantitative estimate of drug-likeness (QED) is 0.215. The predicted molar refractivity (Wildman–Crippen MR) is 155 cm³/mol. The van der Waals surface area contributed by atoms with E-state index in [1.54, 1.807) is 4.68 Å². The maximum atomic E-state index is 13.7. The number of hydrogen-bond acceptors (Lipinski definition) is 3. The van der Waals surface area contributed by atoms with E-state index in [9.17, 15) is 4.79 Å². The second-order valence-corrected chi connectivity index (χ2v) is 10.9. The lowest BCUT2D eigenvalue weighted by molar-refractivity contribution is 0.416. The molecule has 0 bridgehead atoms. The Labute approximate surface area is 224 Å². The molecule has 5 aromatic rings. The molecule has 1 aliphatic rings. The molecule has 0 unspecified atom stereocenters. The molecule has 0 spiro atoms. The van der Waals surface area contributed by atoms with Crippen molar-refractivity contribution in [3.05, 3.63) is 104 Å². The topological polar surface area (TPSA) is 52.2 Å². The molecule has 0 atom stereocenters. The average molecular weight is 554 g/mol. The van der Waals surface area contributed by atoms with Gasteiger partial charge in [0.2, 0.25) is 0 Å². The van der Waals surface area contributed by atoms with E-state index in [1.165, 1.54) is 17.2 Å². The zero-order chi connectivity index (χ0) is 25.5. The number of aryl methyl sites for hydroxylation is 1. The molecule has 0 amide bonds. The second kappa shape index (κ2) is 9.75. The Bertz CT molecular complexity index is 1720. The molecule has 0 saturated heterocycles. The molecule has 2 aromatic heterocycles. The highest BCUT2D eigenvalue weighted by Gasteiger charge is 2.22. The summed E-state index contributed by atoms with van der Waals surface area (Å²) in [6.45, 7) is 4.22. The molecule has 1 aliphatic carbocycles. The third kappa shape index (κ3) is 4.33. The van der Waals surface area contributed by atoms with Gasteiger partial charge in [-0.3, -0.25) is 4.79 Å². The highest BCUT2D eigenvalue weighted by molar-refractivity contribution is 9.10. The third-order valence-corrected chi connectivity index (χ3v) is 8.09. The lowest BCUT2D eigenvalue weighted by Crippen LogP contribution is -2.25. The minimum Gasteiger partial charge on any atom is -0.317 e. The molecule has 2 heterocycles. The molecule has 37 heavy (non-hydrogen) atoms. The first-order chi connectivity index (χ1) is 18.0. The van der Waals surface area contributed by atoms with Crippen LogP contribution in [0.4, 0.5) is 0 Å². The van der Waals surface area contributed by atoms with E-state index in [0.717, 1.165) is 64.1 Å². The van der Waals surface area contributed by atoms with E-state index < -0.39 is 0 Å². The van der Waals surface area contributed by atoms with Crippen LogP contribution in [0, 0.1) is 13.8 Å². The van der Waals surface area contributed by atoms with Crippen molar-refractivity contribution in [3.8, 4) is 5.69 Å². The lowest BCUT2D eigenvalue weighted by atomic mass is 9.88. The van der Waals surface area contributed by atoms with Crippen LogP contribution in [0.3, 0.4) is 0 Å². The van der Waals surface area contributed by atoms with Crippen LogP contribution < -0.4 is 5.56 Å². The summed E-state index contributed by atoms with van der Waals surface area (Å²) < 4.78 is 4.68. The first-order valence-electron chi connectivity index (χ1n) is 12.9.